The molecular weight excluding hydrogens is 299 g/mol. The predicted octanol–water partition coefficient (Wildman–Crippen LogP) is 1.79. The van der Waals surface area contributed by atoms with Gasteiger partial charge in [-0.05, 0) is 24.6 Å². The van der Waals surface area contributed by atoms with Gasteiger partial charge in [-0.15, -0.1) is 0 Å². The Bertz CT molecular complexity index is 557. The van der Waals surface area contributed by atoms with E-state index in [0.29, 0.717) is 5.69 Å². The van der Waals surface area contributed by atoms with E-state index in [1.165, 1.54) is 17.0 Å². The van der Waals surface area contributed by atoms with Gasteiger partial charge < -0.3 is 15.5 Å². The lowest BCUT2D eigenvalue weighted by Gasteiger charge is -2.14. The monoisotopic (exact) mass is 317 g/mol. The molecule has 122 valence electrons. The summed E-state index contributed by atoms with van der Waals surface area (Å²) < 4.78 is 36.3. The Balaban J connectivity index is 2.76. The van der Waals surface area contributed by atoms with Crippen LogP contribution in [0.5, 0.6) is 0 Å². The van der Waals surface area contributed by atoms with E-state index < -0.39 is 18.6 Å². The van der Waals surface area contributed by atoms with E-state index in [1.807, 2.05) is 0 Å². The molecule has 0 aromatic heterocycles. The minimum atomic E-state index is -4.46. The maximum absolute atomic E-state index is 12.1. The molecule has 0 atom stereocenters. The molecule has 0 spiro atoms. The minimum absolute atomic E-state index is 0.0292. The van der Waals surface area contributed by atoms with Gasteiger partial charge in [0.1, 0.15) is 6.54 Å². The Morgan fingerprint density at radius 2 is 1.86 bits per heavy atom. The molecule has 0 radical (unpaired) electrons. The number of carbonyl (C=O) groups is 2. The lowest BCUT2D eigenvalue weighted by atomic mass is 10.1. The number of benzene rings is 1. The molecule has 5 nitrogen and oxygen atoms in total. The quantitative estimate of drug-likeness (QED) is 0.870. The van der Waals surface area contributed by atoms with Gasteiger partial charge in [-0.1, -0.05) is 6.07 Å². The van der Waals surface area contributed by atoms with Crippen LogP contribution in [0.4, 0.5) is 18.9 Å². The first-order valence-corrected chi connectivity index (χ1v) is 6.50. The standard InChI is InChI=1S/C14H18F3N3O2/c1-9-4-5-10(13(22)19-8-14(15,16)17)6-11(9)18-7-12(21)20(2)3/h4-6,18H,7-8H2,1-3H3,(H,19,22). The normalized spacial score (nSPS) is 11.0. The topological polar surface area (TPSA) is 61.4 Å². The van der Waals surface area contributed by atoms with Crippen LogP contribution in [-0.4, -0.2) is 50.1 Å². The third-order valence-corrected chi connectivity index (χ3v) is 2.88. The Morgan fingerprint density at radius 3 is 2.41 bits per heavy atom. The fourth-order valence-corrected chi connectivity index (χ4v) is 1.57. The van der Waals surface area contributed by atoms with E-state index in [9.17, 15) is 22.8 Å². The van der Waals surface area contributed by atoms with Crippen molar-refractivity contribution in [3.05, 3.63) is 29.3 Å². The van der Waals surface area contributed by atoms with E-state index in [4.69, 9.17) is 0 Å². The number of nitrogens with one attached hydrogen (secondary N) is 2. The van der Waals surface area contributed by atoms with Crippen molar-refractivity contribution in [2.24, 2.45) is 0 Å². The fraction of sp³-hybridized carbons (Fsp3) is 0.429. The number of amides is 2. The number of likely N-dealkylation sites (N-methyl/N-ethyl adjacent to an activating group) is 1. The summed E-state index contributed by atoms with van der Waals surface area (Å²) in [6.07, 6.45) is -4.46. The lowest BCUT2D eigenvalue weighted by Crippen LogP contribution is -2.33. The highest BCUT2D eigenvalue weighted by Crippen LogP contribution is 2.17. The number of alkyl halides is 3. The molecule has 0 saturated carbocycles. The van der Waals surface area contributed by atoms with Crippen molar-refractivity contribution < 1.29 is 22.8 Å². The van der Waals surface area contributed by atoms with Gasteiger partial charge in [0.05, 0.1) is 6.54 Å². The molecule has 22 heavy (non-hydrogen) atoms. The van der Waals surface area contributed by atoms with Crippen LogP contribution in [0.3, 0.4) is 0 Å². The van der Waals surface area contributed by atoms with Gasteiger partial charge in [-0.3, -0.25) is 9.59 Å². The smallest absolute Gasteiger partial charge is 0.376 e. The molecule has 2 amide bonds. The molecule has 0 bridgehead atoms. The van der Waals surface area contributed by atoms with Crippen molar-refractivity contribution in [1.82, 2.24) is 10.2 Å². The number of hydrogen-bond donors (Lipinski definition) is 2. The van der Waals surface area contributed by atoms with E-state index >= 15 is 0 Å². The van der Waals surface area contributed by atoms with Crippen LogP contribution >= 0.6 is 0 Å². The highest BCUT2D eigenvalue weighted by Gasteiger charge is 2.27. The second-order valence-electron chi connectivity index (χ2n) is 4.97. The maximum Gasteiger partial charge on any atom is 0.405 e. The van der Waals surface area contributed by atoms with E-state index in [0.717, 1.165) is 5.56 Å². The first-order chi connectivity index (χ1) is 10.1. The van der Waals surface area contributed by atoms with Gasteiger partial charge in [0, 0.05) is 25.3 Å². The molecule has 8 heteroatoms. The first-order valence-electron chi connectivity index (χ1n) is 6.50. The van der Waals surface area contributed by atoms with Gasteiger partial charge >= 0.3 is 6.18 Å². The van der Waals surface area contributed by atoms with Crippen LogP contribution in [-0.2, 0) is 4.79 Å². The molecule has 1 rings (SSSR count). The highest BCUT2D eigenvalue weighted by atomic mass is 19.4. The molecular formula is C14H18F3N3O2. The Kier molecular flexibility index (Phi) is 5.78. The van der Waals surface area contributed by atoms with Crippen molar-refractivity contribution in [3.8, 4) is 0 Å². The summed E-state index contributed by atoms with van der Waals surface area (Å²) >= 11 is 0. The van der Waals surface area contributed by atoms with Gasteiger partial charge in [-0.25, -0.2) is 0 Å². The zero-order chi connectivity index (χ0) is 16.9. The van der Waals surface area contributed by atoms with Gasteiger partial charge in [0.25, 0.3) is 5.91 Å². The Morgan fingerprint density at radius 1 is 1.23 bits per heavy atom. The number of aryl methyl sites for hydroxylation is 1. The SMILES string of the molecule is Cc1ccc(C(=O)NCC(F)(F)F)cc1NCC(=O)N(C)C. The van der Waals surface area contributed by atoms with E-state index in [2.05, 4.69) is 5.32 Å². The molecule has 0 saturated heterocycles. The third-order valence-electron chi connectivity index (χ3n) is 2.88. The summed E-state index contributed by atoms with van der Waals surface area (Å²) in [5.41, 5.74) is 1.39. The van der Waals surface area contributed by atoms with Crippen LogP contribution in [0.25, 0.3) is 0 Å². The molecule has 1 aromatic carbocycles. The lowest BCUT2D eigenvalue weighted by molar-refractivity contribution is -0.126. The average Bonchev–Trinajstić information content (AvgIpc) is 2.42. The van der Waals surface area contributed by atoms with Crippen molar-refractivity contribution in [1.29, 1.82) is 0 Å². The number of anilines is 1. The molecule has 0 heterocycles. The number of carbonyl (C=O) groups excluding carboxylic acids is 2. The Hall–Kier alpha value is -2.25. The summed E-state index contributed by atoms with van der Waals surface area (Å²) in [4.78, 5) is 24.6. The van der Waals surface area contributed by atoms with E-state index in [1.54, 1.807) is 32.4 Å². The third kappa shape index (κ3) is 5.63. The minimum Gasteiger partial charge on any atom is -0.376 e. The molecule has 0 unspecified atom stereocenters. The van der Waals surface area contributed by atoms with Gasteiger partial charge in [0.2, 0.25) is 5.91 Å². The molecule has 0 aliphatic carbocycles. The summed E-state index contributed by atoms with van der Waals surface area (Å²) in [6, 6.07) is 4.45. The molecule has 0 fully saturated rings. The highest BCUT2D eigenvalue weighted by molar-refractivity contribution is 5.95. The van der Waals surface area contributed by atoms with Crippen molar-refractivity contribution in [2.75, 3.05) is 32.5 Å². The molecule has 1 aromatic rings. The molecule has 2 N–H and O–H groups in total. The molecule has 0 aliphatic heterocycles. The van der Waals surface area contributed by atoms with E-state index in [-0.39, 0.29) is 18.0 Å². The Labute approximate surface area is 126 Å². The van der Waals surface area contributed by atoms with Gasteiger partial charge in [0.15, 0.2) is 0 Å². The number of halogens is 3. The van der Waals surface area contributed by atoms with Crippen LogP contribution < -0.4 is 10.6 Å². The number of hydrogen-bond acceptors (Lipinski definition) is 3. The summed E-state index contributed by atoms with van der Waals surface area (Å²) in [5.74, 6) is -0.981. The van der Waals surface area contributed by atoms with Crippen LogP contribution in [0.15, 0.2) is 18.2 Å². The zero-order valence-electron chi connectivity index (χ0n) is 12.5. The number of rotatable bonds is 5. The maximum atomic E-state index is 12.1. The molecule has 0 aliphatic rings. The predicted molar refractivity (Wildman–Crippen MR) is 76.8 cm³/mol. The number of nitrogens with zero attached hydrogens (tertiary/aromatic N) is 1. The van der Waals surface area contributed by atoms with Crippen LogP contribution in [0.1, 0.15) is 15.9 Å². The summed E-state index contributed by atoms with van der Waals surface area (Å²) in [5, 5.41) is 4.67. The van der Waals surface area contributed by atoms with Crippen molar-refractivity contribution >= 4 is 17.5 Å². The second-order valence-corrected chi connectivity index (χ2v) is 4.97. The van der Waals surface area contributed by atoms with Crippen molar-refractivity contribution in [2.45, 2.75) is 13.1 Å². The summed E-state index contributed by atoms with van der Waals surface area (Å²) in [7, 11) is 3.22. The first kappa shape index (κ1) is 17.8. The summed E-state index contributed by atoms with van der Waals surface area (Å²) in [6.45, 7) is 0.406. The van der Waals surface area contributed by atoms with Crippen LogP contribution in [0, 0.1) is 6.92 Å². The largest absolute Gasteiger partial charge is 0.405 e. The van der Waals surface area contributed by atoms with Gasteiger partial charge in [-0.2, -0.15) is 13.2 Å². The fourth-order valence-electron chi connectivity index (χ4n) is 1.57. The average molecular weight is 317 g/mol. The van der Waals surface area contributed by atoms with Crippen molar-refractivity contribution in [3.63, 3.8) is 0 Å². The zero-order valence-corrected chi connectivity index (χ0v) is 12.5. The second kappa shape index (κ2) is 7.15. The van der Waals surface area contributed by atoms with Crippen LogP contribution in [0.2, 0.25) is 0 Å².